The van der Waals surface area contributed by atoms with Gasteiger partial charge in [0.05, 0.1) is 18.1 Å². The topological polar surface area (TPSA) is 141 Å². The Balaban J connectivity index is 4.16. The lowest BCUT2D eigenvalue weighted by Gasteiger charge is -2.18. The highest BCUT2D eigenvalue weighted by molar-refractivity contribution is 5.87. The monoisotopic (exact) mass is 419 g/mol. The van der Waals surface area contributed by atoms with Crippen molar-refractivity contribution < 1.29 is 38.8 Å². The van der Waals surface area contributed by atoms with Gasteiger partial charge in [0.1, 0.15) is 12.3 Å². The van der Waals surface area contributed by atoms with E-state index in [-0.39, 0.29) is 43.3 Å². The number of Topliss-reactive ketones (excluding diaryl/α,β-unsaturated/α-hetero) is 1. The van der Waals surface area contributed by atoms with E-state index in [9.17, 15) is 19.6 Å². The fraction of sp³-hybridized carbons (Fsp3) is 0.833. The third kappa shape index (κ3) is 13.5. The van der Waals surface area contributed by atoms with Crippen LogP contribution < -0.4 is 0 Å². The normalized spacial score (nSPS) is 12.4. The quantitative estimate of drug-likeness (QED) is 0.0935. The van der Waals surface area contributed by atoms with E-state index in [0.717, 1.165) is 17.9 Å². The van der Waals surface area contributed by atoms with Gasteiger partial charge in [-0.3, -0.25) is 9.59 Å². The number of carbonyl (C=O) groups excluding carboxylic acids is 3. The highest BCUT2D eigenvalue weighted by Gasteiger charge is 2.20. The molecule has 0 amide bonds. The summed E-state index contributed by atoms with van der Waals surface area (Å²) >= 11 is 0. The van der Waals surface area contributed by atoms with Gasteiger partial charge in [-0.05, 0) is 26.7 Å². The molecule has 11 heteroatoms. The second-order valence-corrected chi connectivity index (χ2v) is 6.25. The molecule has 0 aromatic carbocycles. The number of rotatable bonds is 17. The number of ketones is 1. The van der Waals surface area contributed by atoms with Crippen LogP contribution in [0.4, 0.5) is 0 Å². The van der Waals surface area contributed by atoms with Crippen molar-refractivity contribution in [3.05, 3.63) is 5.21 Å². The molecule has 0 radical (unpaired) electrons. The Morgan fingerprint density at radius 3 is 2.45 bits per heavy atom. The average Bonchev–Trinajstić information content (AvgIpc) is 2.71. The van der Waals surface area contributed by atoms with Crippen molar-refractivity contribution in [3.63, 3.8) is 0 Å². The second kappa shape index (κ2) is 16.7. The summed E-state index contributed by atoms with van der Waals surface area (Å²) < 4.78 is 15.2. The summed E-state index contributed by atoms with van der Waals surface area (Å²) in [6, 6.07) is 0. The summed E-state index contributed by atoms with van der Waals surface area (Å²) in [4.78, 5) is 34.9. The molecule has 0 aliphatic carbocycles. The Kier molecular flexibility index (Phi) is 15.4. The van der Waals surface area contributed by atoms with Gasteiger partial charge in [-0.25, -0.2) is 4.79 Å². The van der Waals surface area contributed by atoms with E-state index in [1.54, 1.807) is 6.92 Å². The van der Waals surface area contributed by atoms with Crippen LogP contribution in [0.15, 0.2) is 5.28 Å². The average molecular weight is 419 g/mol. The van der Waals surface area contributed by atoms with E-state index < -0.39 is 18.0 Å². The van der Waals surface area contributed by atoms with E-state index in [1.165, 1.54) is 6.92 Å². The first-order valence-corrected chi connectivity index (χ1v) is 9.88. The molecule has 0 bridgehead atoms. The predicted molar refractivity (Wildman–Crippen MR) is 101 cm³/mol. The first kappa shape index (κ1) is 26.7. The van der Waals surface area contributed by atoms with Crippen molar-refractivity contribution in [2.24, 2.45) is 5.28 Å². The van der Waals surface area contributed by atoms with Gasteiger partial charge < -0.3 is 24.6 Å². The van der Waals surface area contributed by atoms with Crippen LogP contribution >= 0.6 is 0 Å². The fourth-order valence-electron chi connectivity index (χ4n) is 2.21. The SMILES string of the molecule is CCOCCCCCC(=O)OC(=O)C(C)OCCN(CCC(=O)CC)/[N+]([O-])=N/O. The number of nitrogens with zero attached hydrogens (tertiary/aromatic N) is 3. The smallest absolute Gasteiger partial charge is 0.342 e. The van der Waals surface area contributed by atoms with Crippen LogP contribution in [0, 0.1) is 5.21 Å². The minimum absolute atomic E-state index is 0.0179. The van der Waals surface area contributed by atoms with Gasteiger partial charge >= 0.3 is 11.9 Å². The number of unbranched alkanes of at least 4 members (excludes halogenated alkanes) is 2. The molecule has 168 valence electrons. The molecule has 11 nitrogen and oxygen atoms in total. The van der Waals surface area contributed by atoms with Crippen molar-refractivity contribution >= 4 is 17.7 Å². The van der Waals surface area contributed by atoms with Crippen molar-refractivity contribution in [2.75, 3.05) is 32.9 Å². The summed E-state index contributed by atoms with van der Waals surface area (Å²) in [5, 5.41) is 23.6. The zero-order valence-electron chi connectivity index (χ0n) is 17.5. The van der Waals surface area contributed by atoms with E-state index in [4.69, 9.17) is 19.4 Å². The summed E-state index contributed by atoms with van der Waals surface area (Å²) in [7, 11) is 0. The number of ether oxygens (including phenoxy) is 3. The van der Waals surface area contributed by atoms with Crippen LogP contribution in [-0.2, 0) is 28.6 Å². The van der Waals surface area contributed by atoms with Crippen LogP contribution in [0.1, 0.15) is 59.3 Å². The number of hydrogen-bond acceptors (Lipinski definition) is 8. The molecule has 0 saturated heterocycles. The Bertz CT molecular complexity index is 527. The third-order valence-electron chi connectivity index (χ3n) is 4.00. The lowest BCUT2D eigenvalue weighted by Crippen LogP contribution is -2.37. The van der Waals surface area contributed by atoms with Gasteiger partial charge in [0.2, 0.25) is 5.28 Å². The van der Waals surface area contributed by atoms with E-state index in [1.807, 2.05) is 6.92 Å². The maximum Gasteiger partial charge on any atom is 0.342 e. The van der Waals surface area contributed by atoms with E-state index >= 15 is 0 Å². The lowest BCUT2D eigenvalue weighted by molar-refractivity contribution is -0.709. The second-order valence-electron chi connectivity index (χ2n) is 6.25. The van der Waals surface area contributed by atoms with Crippen molar-refractivity contribution in [2.45, 2.75) is 65.4 Å². The molecule has 0 aromatic rings. The molecular weight excluding hydrogens is 386 g/mol. The number of carbonyl (C=O) groups is 3. The zero-order valence-corrected chi connectivity index (χ0v) is 17.5. The molecule has 29 heavy (non-hydrogen) atoms. The molecule has 0 aliphatic heterocycles. The molecule has 0 heterocycles. The van der Waals surface area contributed by atoms with Gasteiger partial charge in [0, 0.05) is 32.5 Å². The summed E-state index contributed by atoms with van der Waals surface area (Å²) in [5.41, 5.74) is 0. The molecule has 0 fully saturated rings. The highest BCUT2D eigenvalue weighted by Crippen LogP contribution is 2.04. The largest absolute Gasteiger partial charge is 0.569 e. The lowest BCUT2D eigenvalue weighted by atomic mass is 10.2. The molecule has 0 aliphatic rings. The van der Waals surface area contributed by atoms with Gasteiger partial charge in [0.25, 0.3) is 0 Å². The molecule has 0 aromatic heterocycles. The molecular formula is C18H33N3O8. The standard InChI is InChI=1S/C18H33N3O8/c1-4-16(22)10-11-20(21(26)19-25)12-14-28-15(3)18(24)29-17(23)9-7-6-8-13-27-5-2/h15,25H,4-14H2,1-3H3/b21-19-. The van der Waals surface area contributed by atoms with Crippen molar-refractivity contribution in [1.82, 2.24) is 5.01 Å². The van der Waals surface area contributed by atoms with Gasteiger partial charge in [0.15, 0.2) is 6.10 Å². The van der Waals surface area contributed by atoms with Crippen LogP contribution in [0.25, 0.3) is 0 Å². The van der Waals surface area contributed by atoms with Crippen molar-refractivity contribution in [3.8, 4) is 0 Å². The van der Waals surface area contributed by atoms with Gasteiger partial charge in [-0.1, -0.05) is 13.3 Å². The zero-order chi connectivity index (χ0) is 22.1. The maximum atomic E-state index is 11.9. The highest BCUT2D eigenvalue weighted by atomic mass is 16.6. The van der Waals surface area contributed by atoms with Crippen molar-refractivity contribution in [1.29, 1.82) is 0 Å². The third-order valence-corrected chi connectivity index (χ3v) is 4.00. The Labute approximate surface area is 171 Å². The number of hydrazine groups is 1. The Morgan fingerprint density at radius 2 is 1.83 bits per heavy atom. The Morgan fingerprint density at radius 1 is 1.10 bits per heavy atom. The summed E-state index contributed by atoms with van der Waals surface area (Å²) in [5.74, 6) is -1.48. The first-order valence-electron chi connectivity index (χ1n) is 9.88. The Hall–Kier alpha value is -2.27. The molecule has 1 atom stereocenters. The molecule has 0 rings (SSSR count). The predicted octanol–water partition coefficient (Wildman–Crippen LogP) is 2.00. The fourth-order valence-corrected chi connectivity index (χ4v) is 2.21. The van der Waals surface area contributed by atoms with Crippen LogP contribution in [0.5, 0.6) is 0 Å². The molecule has 0 spiro atoms. The molecule has 0 saturated carbocycles. The molecule has 1 N–H and O–H groups in total. The number of hydrogen-bond donors (Lipinski definition) is 1. The van der Waals surface area contributed by atoms with E-state index in [2.05, 4.69) is 5.28 Å². The first-order chi connectivity index (χ1) is 13.8. The molecule has 1 unspecified atom stereocenters. The van der Waals surface area contributed by atoms with Crippen LogP contribution in [0.2, 0.25) is 0 Å². The number of esters is 2. The minimum atomic E-state index is -1.01. The maximum absolute atomic E-state index is 11.9. The summed E-state index contributed by atoms with van der Waals surface area (Å²) in [6.45, 7) is 6.30. The van der Waals surface area contributed by atoms with Gasteiger partial charge in [-0.15, -0.1) is 5.01 Å². The van der Waals surface area contributed by atoms with Crippen LogP contribution in [-0.4, -0.2) is 71.9 Å². The van der Waals surface area contributed by atoms with Gasteiger partial charge in [-0.2, -0.15) is 0 Å². The minimum Gasteiger partial charge on any atom is -0.569 e. The van der Waals surface area contributed by atoms with E-state index in [0.29, 0.717) is 26.1 Å². The van der Waals surface area contributed by atoms with Crippen LogP contribution in [0.3, 0.4) is 0 Å². The summed E-state index contributed by atoms with van der Waals surface area (Å²) in [6.07, 6.45) is 1.81.